The second kappa shape index (κ2) is 2.36. The molecule has 3 N–H and O–H groups in total. The molecule has 0 aromatic carbocycles. The topological polar surface area (TPSA) is 46.2 Å². The molecule has 2 nitrogen and oxygen atoms in total. The highest BCUT2D eigenvalue weighted by Crippen LogP contribution is 2.30. The minimum Gasteiger partial charge on any atom is -0.384 e. The van der Waals surface area contributed by atoms with E-state index in [0.29, 0.717) is 0 Å². The number of allylic oxidation sites excluding steroid dienone is 1. The Morgan fingerprint density at radius 3 is 2.50 bits per heavy atom. The van der Waals surface area contributed by atoms with Crippen LogP contribution < -0.4 is 5.73 Å². The summed E-state index contributed by atoms with van der Waals surface area (Å²) < 4.78 is 0. The predicted molar refractivity (Wildman–Crippen MR) is 41.6 cm³/mol. The average Bonchev–Trinajstić information content (AvgIpc) is 2.48. The highest BCUT2D eigenvalue weighted by atomic mass is 16.3. The lowest BCUT2D eigenvalue weighted by molar-refractivity contribution is 0.0881. The minimum atomic E-state index is -0.800. The first-order chi connectivity index (χ1) is 4.52. The van der Waals surface area contributed by atoms with Crippen LogP contribution in [0.5, 0.6) is 0 Å². The lowest BCUT2D eigenvalue weighted by atomic mass is 9.98. The van der Waals surface area contributed by atoms with Crippen molar-refractivity contribution < 1.29 is 5.11 Å². The fourth-order valence-corrected chi connectivity index (χ4v) is 0.761. The summed E-state index contributed by atoms with van der Waals surface area (Å²) in [5, 5.41) is 9.60. The summed E-state index contributed by atoms with van der Waals surface area (Å²) in [4.78, 5) is 0. The first-order valence-electron chi connectivity index (χ1n) is 3.71. The molecule has 2 unspecified atom stereocenters. The van der Waals surface area contributed by atoms with Gasteiger partial charge in [-0.1, -0.05) is 11.6 Å². The Kier molecular flexibility index (Phi) is 1.84. The monoisotopic (exact) mass is 141 g/mol. The van der Waals surface area contributed by atoms with E-state index in [2.05, 4.69) is 0 Å². The van der Waals surface area contributed by atoms with Crippen LogP contribution in [0.4, 0.5) is 0 Å². The Hall–Kier alpha value is -0.340. The number of hydrogen-bond acceptors (Lipinski definition) is 2. The molecule has 0 aromatic heterocycles. The Balaban J connectivity index is 2.58. The van der Waals surface area contributed by atoms with Crippen LogP contribution in [0.2, 0.25) is 0 Å². The molecule has 1 aliphatic rings. The van der Waals surface area contributed by atoms with Crippen LogP contribution in [-0.4, -0.2) is 16.7 Å². The van der Waals surface area contributed by atoms with E-state index in [9.17, 15) is 5.11 Å². The smallest absolute Gasteiger partial charge is 0.0949 e. The zero-order chi connectivity index (χ0) is 7.78. The van der Waals surface area contributed by atoms with E-state index in [1.165, 1.54) is 5.57 Å². The Morgan fingerprint density at radius 2 is 2.20 bits per heavy atom. The Morgan fingerprint density at radius 1 is 1.70 bits per heavy atom. The fourth-order valence-electron chi connectivity index (χ4n) is 0.761. The van der Waals surface area contributed by atoms with Crippen molar-refractivity contribution in [1.29, 1.82) is 0 Å². The average molecular weight is 141 g/mol. The van der Waals surface area contributed by atoms with Gasteiger partial charge < -0.3 is 10.8 Å². The molecular weight excluding hydrogens is 126 g/mol. The summed E-state index contributed by atoms with van der Waals surface area (Å²) in [6.07, 6.45) is 4.17. The van der Waals surface area contributed by atoms with E-state index in [0.717, 1.165) is 12.8 Å². The first kappa shape index (κ1) is 7.76. The lowest BCUT2D eigenvalue weighted by Gasteiger charge is -2.23. The molecule has 1 saturated carbocycles. The third-order valence-corrected chi connectivity index (χ3v) is 1.96. The van der Waals surface area contributed by atoms with Gasteiger partial charge in [0.15, 0.2) is 0 Å². The van der Waals surface area contributed by atoms with Gasteiger partial charge in [0, 0.05) is 6.04 Å². The number of aliphatic hydroxyl groups is 1. The number of rotatable bonds is 2. The number of nitrogens with two attached hydrogens (primary N) is 1. The van der Waals surface area contributed by atoms with Gasteiger partial charge in [-0.05, 0) is 26.7 Å². The second-order valence-electron chi connectivity index (χ2n) is 3.32. The summed E-state index contributed by atoms with van der Waals surface area (Å²) in [5.41, 5.74) is 6.09. The number of hydrogen-bond donors (Lipinski definition) is 2. The molecular formula is C8H15NO. The minimum absolute atomic E-state index is 0.180. The lowest BCUT2D eigenvalue weighted by Crippen LogP contribution is -2.41. The second-order valence-corrected chi connectivity index (χ2v) is 3.32. The van der Waals surface area contributed by atoms with E-state index in [-0.39, 0.29) is 6.04 Å². The summed E-state index contributed by atoms with van der Waals surface area (Å²) in [6, 6.07) is -0.180. The molecule has 58 valence electrons. The third-order valence-electron chi connectivity index (χ3n) is 1.96. The van der Waals surface area contributed by atoms with E-state index in [1.807, 2.05) is 13.0 Å². The van der Waals surface area contributed by atoms with E-state index in [1.54, 1.807) is 6.92 Å². The molecule has 0 heterocycles. The maximum absolute atomic E-state index is 9.60. The van der Waals surface area contributed by atoms with Crippen LogP contribution in [0.1, 0.15) is 26.7 Å². The van der Waals surface area contributed by atoms with Crippen LogP contribution in [-0.2, 0) is 0 Å². The molecule has 1 rings (SSSR count). The molecule has 0 aromatic rings. The molecule has 0 saturated heterocycles. The van der Waals surface area contributed by atoms with E-state index < -0.39 is 5.60 Å². The molecule has 0 amide bonds. The molecule has 2 heteroatoms. The SMILES string of the molecule is CC(N)C(C)(O)C=C1CC1. The van der Waals surface area contributed by atoms with Crippen molar-refractivity contribution in [3.05, 3.63) is 11.6 Å². The zero-order valence-corrected chi connectivity index (χ0v) is 6.59. The quantitative estimate of drug-likeness (QED) is 0.559. The van der Waals surface area contributed by atoms with Gasteiger partial charge in [-0.25, -0.2) is 0 Å². The summed E-state index contributed by atoms with van der Waals surface area (Å²) >= 11 is 0. The van der Waals surface area contributed by atoms with Crippen molar-refractivity contribution in [3.8, 4) is 0 Å². The summed E-state index contributed by atoms with van der Waals surface area (Å²) in [5.74, 6) is 0. The zero-order valence-electron chi connectivity index (χ0n) is 6.59. The van der Waals surface area contributed by atoms with Gasteiger partial charge in [0.2, 0.25) is 0 Å². The Bertz CT molecular complexity index is 153. The van der Waals surface area contributed by atoms with Crippen molar-refractivity contribution in [2.75, 3.05) is 0 Å². The highest BCUT2D eigenvalue weighted by molar-refractivity contribution is 5.22. The predicted octanol–water partition coefficient (Wildman–Crippen LogP) is 0.805. The van der Waals surface area contributed by atoms with Gasteiger partial charge in [0.25, 0.3) is 0 Å². The third kappa shape index (κ3) is 1.82. The van der Waals surface area contributed by atoms with Gasteiger partial charge in [-0.2, -0.15) is 0 Å². The molecule has 10 heavy (non-hydrogen) atoms. The maximum atomic E-state index is 9.60. The first-order valence-corrected chi connectivity index (χ1v) is 3.71. The molecule has 0 radical (unpaired) electrons. The van der Waals surface area contributed by atoms with Crippen molar-refractivity contribution in [2.24, 2.45) is 5.73 Å². The van der Waals surface area contributed by atoms with Crippen molar-refractivity contribution in [3.63, 3.8) is 0 Å². The molecule has 1 aliphatic carbocycles. The molecule has 1 fully saturated rings. The van der Waals surface area contributed by atoms with Crippen LogP contribution in [0.3, 0.4) is 0 Å². The van der Waals surface area contributed by atoms with E-state index >= 15 is 0 Å². The van der Waals surface area contributed by atoms with Crippen LogP contribution in [0.15, 0.2) is 11.6 Å². The van der Waals surface area contributed by atoms with Crippen molar-refractivity contribution in [2.45, 2.75) is 38.3 Å². The normalized spacial score (nSPS) is 25.4. The largest absolute Gasteiger partial charge is 0.384 e. The van der Waals surface area contributed by atoms with Crippen molar-refractivity contribution in [1.82, 2.24) is 0 Å². The van der Waals surface area contributed by atoms with Crippen LogP contribution in [0, 0.1) is 0 Å². The standard InChI is InChI=1S/C8H15NO/c1-6(9)8(2,10)5-7-3-4-7/h5-6,10H,3-4,9H2,1-2H3. The van der Waals surface area contributed by atoms with E-state index in [4.69, 9.17) is 5.73 Å². The van der Waals surface area contributed by atoms with Gasteiger partial charge >= 0.3 is 0 Å². The molecule has 0 spiro atoms. The molecule has 0 bridgehead atoms. The van der Waals surface area contributed by atoms with Gasteiger partial charge in [-0.3, -0.25) is 0 Å². The fraction of sp³-hybridized carbons (Fsp3) is 0.750. The van der Waals surface area contributed by atoms with Gasteiger partial charge in [0.1, 0.15) is 0 Å². The molecule has 2 atom stereocenters. The molecule has 0 aliphatic heterocycles. The van der Waals surface area contributed by atoms with Gasteiger partial charge in [-0.15, -0.1) is 0 Å². The van der Waals surface area contributed by atoms with Crippen LogP contribution in [0.25, 0.3) is 0 Å². The summed E-state index contributed by atoms with van der Waals surface area (Å²) in [7, 11) is 0. The maximum Gasteiger partial charge on any atom is 0.0949 e. The summed E-state index contributed by atoms with van der Waals surface area (Å²) in [6.45, 7) is 3.57. The van der Waals surface area contributed by atoms with Gasteiger partial charge in [0.05, 0.1) is 5.60 Å². The highest BCUT2D eigenvalue weighted by Gasteiger charge is 2.25. The van der Waals surface area contributed by atoms with Crippen molar-refractivity contribution >= 4 is 0 Å². The van der Waals surface area contributed by atoms with Crippen LogP contribution >= 0.6 is 0 Å². The Labute approximate surface area is 61.7 Å².